The minimum atomic E-state index is -0.314. The van der Waals surface area contributed by atoms with Gasteiger partial charge in [0.05, 0.1) is 6.61 Å². The molecular weight excluding hydrogens is 268 g/mol. The third kappa shape index (κ3) is 6.82. The molecule has 104 valence electrons. The number of esters is 2. The summed E-state index contributed by atoms with van der Waals surface area (Å²) in [7, 11) is 0. The van der Waals surface area contributed by atoms with Gasteiger partial charge in [0.1, 0.15) is 5.75 Å². The molecule has 1 rings (SSSR count). The van der Waals surface area contributed by atoms with Crippen molar-refractivity contribution < 1.29 is 19.1 Å². The predicted molar refractivity (Wildman–Crippen MR) is 72.2 cm³/mol. The van der Waals surface area contributed by atoms with Crippen LogP contribution in [0.5, 0.6) is 5.75 Å². The second-order valence-corrected chi connectivity index (χ2v) is 4.38. The Morgan fingerprint density at radius 2 is 1.63 bits per heavy atom. The molecule has 0 saturated carbocycles. The maximum absolute atomic E-state index is 11.5. The van der Waals surface area contributed by atoms with Gasteiger partial charge in [-0.2, -0.15) is 0 Å². The number of hydrogen-bond acceptors (Lipinski definition) is 4. The van der Waals surface area contributed by atoms with E-state index in [-0.39, 0.29) is 18.4 Å². The van der Waals surface area contributed by atoms with E-state index >= 15 is 0 Å². The quantitative estimate of drug-likeness (QED) is 0.438. The molecular formula is C14H17ClO4. The lowest BCUT2D eigenvalue weighted by Crippen LogP contribution is -2.08. The van der Waals surface area contributed by atoms with Crippen LogP contribution in [0.2, 0.25) is 5.02 Å². The zero-order chi connectivity index (χ0) is 14.1. The first kappa shape index (κ1) is 15.5. The van der Waals surface area contributed by atoms with E-state index in [1.54, 1.807) is 31.2 Å². The summed E-state index contributed by atoms with van der Waals surface area (Å²) in [4.78, 5) is 22.6. The molecule has 1 aromatic rings. The van der Waals surface area contributed by atoms with Gasteiger partial charge < -0.3 is 9.47 Å². The van der Waals surface area contributed by atoms with Gasteiger partial charge in [0.2, 0.25) is 0 Å². The Labute approximate surface area is 117 Å². The molecule has 0 radical (unpaired) electrons. The van der Waals surface area contributed by atoms with Gasteiger partial charge in [-0.15, -0.1) is 0 Å². The third-order valence-corrected chi connectivity index (χ3v) is 2.61. The van der Waals surface area contributed by atoms with Crippen LogP contribution < -0.4 is 4.74 Å². The van der Waals surface area contributed by atoms with Crippen LogP contribution in [0.25, 0.3) is 0 Å². The lowest BCUT2D eigenvalue weighted by molar-refractivity contribution is -0.143. The number of carbonyl (C=O) groups is 2. The summed E-state index contributed by atoms with van der Waals surface area (Å²) < 4.78 is 9.90. The second-order valence-electron chi connectivity index (χ2n) is 3.94. The maximum Gasteiger partial charge on any atom is 0.311 e. The van der Waals surface area contributed by atoms with Gasteiger partial charge in [-0.05, 0) is 44.0 Å². The third-order valence-electron chi connectivity index (χ3n) is 2.36. The summed E-state index contributed by atoms with van der Waals surface area (Å²) in [5, 5.41) is 0.592. The topological polar surface area (TPSA) is 52.6 Å². The van der Waals surface area contributed by atoms with Crippen molar-refractivity contribution in [2.45, 2.75) is 32.6 Å². The van der Waals surface area contributed by atoms with Gasteiger partial charge in [0, 0.05) is 17.9 Å². The first-order valence-electron chi connectivity index (χ1n) is 6.23. The van der Waals surface area contributed by atoms with E-state index in [4.69, 9.17) is 21.1 Å². The van der Waals surface area contributed by atoms with E-state index < -0.39 is 0 Å². The van der Waals surface area contributed by atoms with Crippen molar-refractivity contribution in [2.24, 2.45) is 0 Å². The Morgan fingerprint density at radius 1 is 1.05 bits per heavy atom. The number of hydrogen-bond donors (Lipinski definition) is 0. The van der Waals surface area contributed by atoms with E-state index in [2.05, 4.69) is 0 Å². The Kier molecular flexibility index (Phi) is 6.97. The van der Waals surface area contributed by atoms with Crippen LogP contribution in [0.4, 0.5) is 0 Å². The largest absolute Gasteiger partial charge is 0.466 e. The number of rotatable bonds is 7. The van der Waals surface area contributed by atoms with Crippen LogP contribution >= 0.6 is 11.6 Å². The molecule has 0 unspecified atom stereocenters. The van der Waals surface area contributed by atoms with E-state index in [1.165, 1.54) is 0 Å². The van der Waals surface area contributed by atoms with Crippen molar-refractivity contribution in [1.82, 2.24) is 0 Å². The van der Waals surface area contributed by atoms with Crippen molar-refractivity contribution in [2.75, 3.05) is 6.61 Å². The van der Waals surface area contributed by atoms with Gasteiger partial charge in [-0.1, -0.05) is 11.6 Å². The van der Waals surface area contributed by atoms with Crippen molar-refractivity contribution in [1.29, 1.82) is 0 Å². The smallest absolute Gasteiger partial charge is 0.311 e. The maximum atomic E-state index is 11.5. The number of carbonyl (C=O) groups excluding carboxylic acids is 2. The van der Waals surface area contributed by atoms with Crippen LogP contribution in [0.15, 0.2) is 24.3 Å². The van der Waals surface area contributed by atoms with Crippen molar-refractivity contribution >= 4 is 23.5 Å². The lowest BCUT2D eigenvalue weighted by atomic mass is 10.2. The molecule has 5 heteroatoms. The molecule has 0 heterocycles. The SMILES string of the molecule is CCOC(=O)CCCCC(=O)Oc1ccc(Cl)cc1. The predicted octanol–water partition coefficient (Wildman–Crippen LogP) is 3.37. The zero-order valence-electron chi connectivity index (χ0n) is 10.9. The summed E-state index contributed by atoms with van der Waals surface area (Å²) >= 11 is 5.72. The van der Waals surface area contributed by atoms with E-state index in [0.29, 0.717) is 36.6 Å². The summed E-state index contributed by atoms with van der Waals surface area (Å²) in [5.41, 5.74) is 0. The molecule has 1 aromatic carbocycles. The summed E-state index contributed by atoms with van der Waals surface area (Å²) in [6.45, 7) is 2.15. The molecule has 19 heavy (non-hydrogen) atoms. The lowest BCUT2D eigenvalue weighted by Gasteiger charge is -2.04. The van der Waals surface area contributed by atoms with Crippen molar-refractivity contribution in [3.8, 4) is 5.75 Å². The highest BCUT2D eigenvalue weighted by molar-refractivity contribution is 6.30. The molecule has 0 spiro atoms. The zero-order valence-corrected chi connectivity index (χ0v) is 11.6. The fourth-order valence-electron chi connectivity index (χ4n) is 1.46. The Hall–Kier alpha value is -1.55. The fourth-order valence-corrected chi connectivity index (χ4v) is 1.58. The number of benzene rings is 1. The number of unbranched alkanes of at least 4 members (excludes halogenated alkanes) is 1. The fraction of sp³-hybridized carbons (Fsp3) is 0.429. The molecule has 0 aliphatic rings. The highest BCUT2D eigenvalue weighted by Crippen LogP contribution is 2.16. The van der Waals surface area contributed by atoms with Gasteiger partial charge >= 0.3 is 11.9 Å². The van der Waals surface area contributed by atoms with Crippen molar-refractivity contribution in [3.63, 3.8) is 0 Å². The molecule has 0 aliphatic heterocycles. The molecule has 0 fully saturated rings. The Bertz CT molecular complexity index is 414. The van der Waals surface area contributed by atoms with Gasteiger partial charge in [-0.25, -0.2) is 0 Å². The molecule has 0 saturated heterocycles. The van der Waals surface area contributed by atoms with Crippen LogP contribution in [0, 0.1) is 0 Å². The average molecular weight is 285 g/mol. The first-order chi connectivity index (χ1) is 9.11. The molecule has 0 N–H and O–H groups in total. The van der Waals surface area contributed by atoms with Crippen LogP contribution in [-0.4, -0.2) is 18.5 Å². The highest BCUT2D eigenvalue weighted by Gasteiger charge is 2.06. The minimum absolute atomic E-state index is 0.228. The molecule has 0 aromatic heterocycles. The molecule has 4 nitrogen and oxygen atoms in total. The van der Waals surface area contributed by atoms with Crippen LogP contribution in [-0.2, 0) is 14.3 Å². The second kappa shape index (κ2) is 8.53. The Morgan fingerprint density at radius 3 is 2.21 bits per heavy atom. The van der Waals surface area contributed by atoms with Gasteiger partial charge in [0.15, 0.2) is 0 Å². The highest BCUT2D eigenvalue weighted by atomic mass is 35.5. The molecule has 0 bridgehead atoms. The van der Waals surface area contributed by atoms with E-state index in [0.717, 1.165) is 0 Å². The van der Waals surface area contributed by atoms with Gasteiger partial charge in [-0.3, -0.25) is 9.59 Å². The monoisotopic (exact) mass is 284 g/mol. The minimum Gasteiger partial charge on any atom is -0.466 e. The molecule has 0 aliphatic carbocycles. The van der Waals surface area contributed by atoms with Crippen LogP contribution in [0.1, 0.15) is 32.6 Å². The molecule has 0 amide bonds. The summed E-state index contributed by atoms with van der Waals surface area (Å²) in [5.74, 6) is -0.0699. The summed E-state index contributed by atoms with van der Waals surface area (Å²) in [6.07, 6.45) is 1.84. The standard InChI is InChI=1S/C14H17ClO4/c1-2-18-13(16)5-3-4-6-14(17)19-12-9-7-11(15)8-10-12/h7-10H,2-6H2,1H3. The Balaban J connectivity index is 2.18. The van der Waals surface area contributed by atoms with Gasteiger partial charge in [0.25, 0.3) is 0 Å². The summed E-state index contributed by atoms with van der Waals surface area (Å²) in [6, 6.07) is 6.59. The normalized spacial score (nSPS) is 10.0. The first-order valence-corrected chi connectivity index (χ1v) is 6.61. The van der Waals surface area contributed by atoms with E-state index in [9.17, 15) is 9.59 Å². The number of ether oxygens (including phenoxy) is 2. The average Bonchev–Trinajstić information content (AvgIpc) is 2.38. The van der Waals surface area contributed by atoms with E-state index in [1.807, 2.05) is 0 Å². The van der Waals surface area contributed by atoms with Crippen molar-refractivity contribution in [3.05, 3.63) is 29.3 Å². The number of halogens is 1. The molecule has 0 atom stereocenters. The van der Waals surface area contributed by atoms with Crippen LogP contribution in [0.3, 0.4) is 0 Å².